The van der Waals surface area contributed by atoms with Gasteiger partial charge in [-0.05, 0) is 0 Å². The van der Waals surface area contributed by atoms with Crippen molar-refractivity contribution in [3.63, 3.8) is 0 Å². The predicted octanol–water partition coefficient (Wildman–Crippen LogP) is 0.899. The molecule has 0 aliphatic heterocycles. The molecular weight excluding hydrogens is 220 g/mol. The Morgan fingerprint density at radius 3 is 1.62 bits per heavy atom. The number of hydrogen-bond acceptors (Lipinski definition) is 3. The van der Waals surface area contributed by atoms with E-state index < -0.39 is 8.07 Å². The molecule has 0 radical (unpaired) electrons. The van der Waals surface area contributed by atoms with Crippen molar-refractivity contribution in [1.29, 1.82) is 0 Å². The largest absolute Gasteiger partial charge is 0.387 e. The first kappa shape index (κ1) is 13.4. The maximum absolute atomic E-state index is 5.37. The summed E-state index contributed by atoms with van der Waals surface area (Å²) in [6, 6.07) is 10.4. The number of ether oxygens (including phenoxy) is 3. The first-order valence-electron chi connectivity index (χ1n) is 5.31. The molecule has 0 fully saturated rings. The van der Waals surface area contributed by atoms with Crippen LogP contribution >= 0.6 is 0 Å². The molecule has 4 heteroatoms. The normalized spacial score (nSPS) is 11.7. The van der Waals surface area contributed by atoms with E-state index in [1.165, 1.54) is 5.19 Å². The lowest BCUT2D eigenvalue weighted by molar-refractivity contribution is 0.193. The third-order valence-electron chi connectivity index (χ3n) is 2.65. The number of rotatable bonds is 7. The summed E-state index contributed by atoms with van der Waals surface area (Å²) >= 11 is 0. The summed E-state index contributed by atoms with van der Waals surface area (Å²) < 4.78 is 16.1. The molecule has 90 valence electrons. The summed E-state index contributed by atoms with van der Waals surface area (Å²) in [7, 11) is 3.36. The number of hydrogen-bond donors (Lipinski definition) is 0. The molecule has 0 N–H and O–H groups in total. The summed E-state index contributed by atoms with van der Waals surface area (Å²) in [4.78, 5) is 0. The fourth-order valence-electron chi connectivity index (χ4n) is 2.00. The van der Waals surface area contributed by atoms with Gasteiger partial charge in [0.05, 0.1) is 0 Å². The molecule has 0 aliphatic carbocycles. The third kappa shape index (κ3) is 3.15. The summed E-state index contributed by atoms with van der Waals surface area (Å²) in [5.74, 6) is 0. The zero-order chi connectivity index (χ0) is 11.9. The average Bonchev–Trinajstić information content (AvgIpc) is 2.31. The summed E-state index contributed by atoms with van der Waals surface area (Å²) in [5.41, 5.74) is 0. The molecule has 0 aliphatic rings. The van der Waals surface area contributed by atoms with Crippen LogP contribution in [-0.2, 0) is 14.2 Å². The second-order valence-corrected chi connectivity index (χ2v) is 7.95. The highest BCUT2D eigenvalue weighted by molar-refractivity contribution is 6.91. The van der Waals surface area contributed by atoms with E-state index in [0.29, 0.717) is 0 Å². The minimum Gasteiger partial charge on any atom is -0.387 e. The smallest absolute Gasteiger partial charge is 0.169 e. The minimum absolute atomic E-state index is 0.721. The first-order valence-corrected chi connectivity index (χ1v) is 7.93. The Labute approximate surface area is 98.3 Å². The zero-order valence-corrected chi connectivity index (χ0v) is 11.2. The van der Waals surface area contributed by atoms with Crippen molar-refractivity contribution in [2.75, 3.05) is 40.0 Å². The molecule has 0 spiro atoms. The van der Waals surface area contributed by atoms with Gasteiger partial charge in [-0.3, -0.25) is 0 Å². The molecule has 1 rings (SSSR count). The van der Waals surface area contributed by atoms with Crippen LogP contribution in [0.4, 0.5) is 0 Å². The van der Waals surface area contributed by atoms with Gasteiger partial charge in [-0.15, -0.1) is 0 Å². The van der Waals surface area contributed by atoms with Gasteiger partial charge in [-0.25, -0.2) is 0 Å². The number of methoxy groups -OCH3 is 3. The lowest BCUT2D eigenvalue weighted by atomic mass is 10.4. The topological polar surface area (TPSA) is 27.7 Å². The lowest BCUT2D eigenvalue weighted by Gasteiger charge is -2.29. The molecule has 1 aromatic rings. The molecule has 0 bridgehead atoms. The van der Waals surface area contributed by atoms with Gasteiger partial charge in [0.15, 0.2) is 8.07 Å². The van der Waals surface area contributed by atoms with E-state index in [9.17, 15) is 0 Å². The Morgan fingerprint density at radius 2 is 1.25 bits per heavy atom. The van der Waals surface area contributed by atoms with Gasteiger partial charge < -0.3 is 14.2 Å². The maximum atomic E-state index is 5.37. The third-order valence-corrected chi connectivity index (χ3v) is 6.73. The van der Waals surface area contributed by atoms with Crippen LogP contribution in [-0.4, -0.2) is 48.1 Å². The highest BCUT2D eigenvalue weighted by atomic mass is 28.3. The molecule has 0 saturated heterocycles. The highest BCUT2D eigenvalue weighted by Gasteiger charge is 2.35. The van der Waals surface area contributed by atoms with E-state index in [1.807, 2.05) is 6.07 Å². The minimum atomic E-state index is -1.84. The van der Waals surface area contributed by atoms with E-state index >= 15 is 0 Å². The molecule has 3 nitrogen and oxygen atoms in total. The van der Waals surface area contributed by atoms with E-state index in [4.69, 9.17) is 14.2 Å². The predicted molar refractivity (Wildman–Crippen MR) is 67.5 cm³/mol. The van der Waals surface area contributed by atoms with E-state index in [2.05, 4.69) is 24.3 Å². The van der Waals surface area contributed by atoms with Crippen LogP contribution in [0.5, 0.6) is 0 Å². The Bertz CT molecular complexity index is 273. The second-order valence-electron chi connectivity index (χ2n) is 3.95. The molecule has 0 saturated carbocycles. The Kier molecular flexibility index (Phi) is 5.69. The first-order chi connectivity index (χ1) is 7.79. The van der Waals surface area contributed by atoms with Crippen LogP contribution in [0.1, 0.15) is 0 Å². The van der Waals surface area contributed by atoms with Crippen LogP contribution in [0.2, 0.25) is 0 Å². The molecule has 0 amide bonds. The van der Waals surface area contributed by atoms with Crippen LogP contribution in [0, 0.1) is 0 Å². The van der Waals surface area contributed by atoms with Gasteiger partial charge in [0, 0.05) is 40.0 Å². The van der Waals surface area contributed by atoms with Crippen molar-refractivity contribution in [2.45, 2.75) is 0 Å². The van der Waals surface area contributed by atoms with Crippen LogP contribution in [0.3, 0.4) is 0 Å². The van der Waals surface area contributed by atoms with Crippen LogP contribution in [0.15, 0.2) is 30.3 Å². The molecule has 0 atom stereocenters. The van der Waals surface area contributed by atoms with Crippen molar-refractivity contribution in [1.82, 2.24) is 0 Å². The van der Waals surface area contributed by atoms with Gasteiger partial charge in [-0.1, -0.05) is 35.5 Å². The standard InChI is InChI=1S/C12H20O3Si/c1-13-9-16(10-14-2,11-15-3)12-7-5-4-6-8-12/h4-8H,9-11H2,1-3H3. The average molecular weight is 240 g/mol. The fourth-order valence-corrected chi connectivity index (χ4v) is 5.30. The monoisotopic (exact) mass is 240 g/mol. The molecule has 0 heterocycles. The van der Waals surface area contributed by atoms with Gasteiger partial charge in [-0.2, -0.15) is 0 Å². The Hall–Kier alpha value is -0.683. The molecule has 1 aromatic carbocycles. The van der Waals surface area contributed by atoms with Crippen LogP contribution in [0.25, 0.3) is 0 Å². The fraction of sp³-hybridized carbons (Fsp3) is 0.500. The van der Waals surface area contributed by atoms with E-state index in [1.54, 1.807) is 21.3 Å². The van der Waals surface area contributed by atoms with Crippen molar-refractivity contribution in [3.05, 3.63) is 30.3 Å². The van der Waals surface area contributed by atoms with E-state index in [0.717, 1.165) is 18.7 Å². The van der Waals surface area contributed by atoms with Crippen molar-refractivity contribution in [2.24, 2.45) is 0 Å². The Morgan fingerprint density at radius 1 is 0.812 bits per heavy atom. The summed E-state index contributed by atoms with van der Waals surface area (Å²) in [5, 5.41) is 1.32. The quantitative estimate of drug-likeness (QED) is 0.663. The molecule has 16 heavy (non-hydrogen) atoms. The molecule has 0 aromatic heterocycles. The number of benzene rings is 1. The Balaban J connectivity index is 2.99. The molecule has 0 unspecified atom stereocenters. The van der Waals surface area contributed by atoms with Gasteiger partial charge in [0.25, 0.3) is 0 Å². The van der Waals surface area contributed by atoms with Crippen molar-refractivity contribution in [3.8, 4) is 0 Å². The summed E-state index contributed by atoms with van der Waals surface area (Å²) in [6.07, 6.45) is 2.16. The van der Waals surface area contributed by atoms with Crippen molar-refractivity contribution < 1.29 is 14.2 Å². The zero-order valence-electron chi connectivity index (χ0n) is 10.2. The van der Waals surface area contributed by atoms with Gasteiger partial charge >= 0.3 is 0 Å². The van der Waals surface area contributed by atoms with Crippen molar-refractivity contribution >= 4 is 13.3 Å². The van der Waals surface area contributed by atoms with Crippen LogP contribution < -0.4 is 5.19 Å². The lowest BCUT2D eigenvalue weighted by Crippen LogP contribution is -2.60. The highest BCUT2D eigenvalue weighted by Crippen LogP contribution is 2.06. The maximum Gasteiger partial charge on any atom is 0.169 e. The summed E-state index contributed by atoms with van der Waals surface area (Å²) in [6.45, 7) is 0. The second kappa shape index (κ2) is 6.80. The molecular formula is C12H20O3Si. The van der Waals surface area contributed by atoms with Gasteiger partial charge in [0.2, 0.25) is 0 Å². The SMILES string of the molecule is COC[Si](COC)(COC)c1ccccc1. The van der Waals surface area contributed by atoms with E-state index in [-0.39, 0.29) is 0 Å². The van der Waals surface area contributed by atoms with Gasteiger partial charge in [0.1, 0.15) is 0 Å².